The molecule has 0 unspecified atom stereocenters. The van der Waals surface area contributed by atoms with Crippen molar-refractivity contribution in [2.24, 2.45) is 5.92 Å². The number of ether oxygens (including phenoxy) is 2. The average molecular weight is 390 g/mol. The van der Waals surface area contributed by atoms with Gasteiger partial charge in [-0.2, -0.15) is 0 Å². The number of nitrogens with zero attached hydrogens (tertiary/aromatic N) is 2. The number of hydrogen-bond donors (Lipinski definition) is 0. The number of nitro groups is 1. The second-order valence-electron chi connectivity index (χ2n) is 7.29. The molecule has 1 aromatic rings. The van der Waals surface area contributed by atoms with Gasteiger partial charge in [0.1, 0.15) is 0 Å². The molecule has 152 valence electrons. The number of carbonyl (C=O) groups excluding carboxylic acids is 2. The Balaban J connectivity index is 1.62. The molecule has 1 saturated carbocycles. The van der Waals surface area contributed by atoms with Crippen LogP contribution in [0.1, 0.15) is 55.8 Å². The third-order valence-electron chi connectivity index (χ3n) is 5.58. The van der Waals surface area contributed by atoms with Gasteiger partial charge in [0.05, 0.1) is 17.1 Å². The second-order valence-corrected chi connectivity index (χ2v) is 7.29. The minimum Gasteiger partial charge on any atom is -0.487 e. The molecular weight excluding hydrogens is 364 g/mol. The van der Waals surface area contributed by atoms with Crippen molar-refractivity contribution in [1.29, 1.82) is 0 Å². The van der Waals surface area contributed by atoms with E-state index in [0.29, 0.717) is 12.5 Å². The van der Waals surface area contributed by atoms with Crippen LogP contribution in [0.25, 0.3) is 0 Å². The Kier molecular flexibility index (Phi) is 6.49. The van der Waals surface area contributed by atoms with Gasteiger partial charge in [-0.25, -0.2) is 4.79 Å². The van der Waals surface area contributed by atoms with Crippen LogP contribution in [0, 0.1) is 16.0 Å². The SMILES string of the molecule is CCOc1ccc(C(=O)OCC(=O)N2CCC[C@H]3CCCC[C@@H]32)cc1[N+](=O)[O-]. The van der Waals surface area contributed by atoms with E-state index < -0.39 is 10.9 Å². The number of amides is 1. The van der Waals surface area contributed by atoms with E-state index in [1.807, 2.05) is 4.90 Å². The maximum atomic E-state index is 12.6. The van der Waals surface area contributed by atoms with Gasteiger partial charge in [-0.3, -0.25) is 14.9 Å². The maximum absolute atomic E-state index is 12.6. The molecule has 0 radical (unpaired) electrons. The first kappa shape index (κ1) is 20.1. The summed E-state index contributed by atoms with van der Waals surface area (Å²) in [7, 11) is 0. The summed E-state index contributed by atoms with van der Waals surface area (Å²) in [5.74, 6) is -0.296. The first-order chi connectivity index (χ1) is 13.5. The summed E-state index contributed by atoms with van der Waals surface area (Å²) in [5, 5.41) is 11.2. The van der Waals surface area contributed by atoms with Gasteiger partial charge in [0.15, 0.2) is 12.4 Å². The van der Waals surface area contributed by atoms with E-state index in [1.165, 1.54) is 18.6 Å². The molecule has 0 spiro atoms. The van der Waals surface area contributed by atoms with Crippen LogP contribution in [0.5, 0.6) is 5.75 Å². The Hall–Kier alpha value is -2.64. The van der Waals surface area contributed by atoms with Crippen molar-refractivity contribution in [3.63, 3.8) is 0 Å². The Morgan fingerprint density at radius 3 is 2.71 bits per heavy atom. The summed E-state index contributed by atoms with van der Waals surface area (Å²) in [6, 6.07) is 4.15. The molecule has 28 heavy (non-hydrogen) atoms. The topological polar surface area (TPSA) is 99.0 Å². The van der Waals surface area contributed by atoms with Crippen molar-refractivity contribution < 1.29 is 24.0 Å². The third kappa shape index (κ3) is 4.43. The highest BCUT2D eigenvalue weighted by molar-refractivity contribution is 5.92. The minimum atomic E-state index is -0.753. The molecule has 1 aliphatic heterocycles. The molecule has 1 aliphatic carbocycles. The molecule has 8 nitrogen and oxygen atoms in total. The quantitative estimate of drug-likeness (QED) is 0.420. The number of carbonyl (C=O) groups is 2. The number of esters is 1. The summed E-state index contributed by atoms with van der Waals surface area (Å²) in [6.07, 6.45) is 6.64. The first-order valence-corrected chi connectivity index (χ1v) is 9.89. The van der Waals surface area contributed by atoms with Crippen LogP contribution < -0.4 is 4.74 Å². The van der Waals surface area contributed by atoms with E-state index in [9.17, 15) is 19.7 Å². The average Bonchev–Trinajstić information content (AvgIpc) is 2.71. The number of hydrogen-bond acceptors (Lipinski definition) is 6. The summed E-state index contributed by atoms with van der Waals surface area (Å²) in [5.41, 5.74) is -0.277. The van der Waals surface area contributed by atoms with Crippen molar-refractivity contribution in [3.8, 4) is 5.75 Å². The first-order valence-electron chi connectivity index (χ1n) is 9.89. The fraction of sp³-hybridized carbons (Fsp3) is 0.600. The molecule has 0 bridgehead atoms. The van der Waals surface area contributed by atoms with Gasteiger partial charge in [0, 0.05) is 18.7 Å². The van der Waals surface area contributed by atoms with Gasteiger partial charge in [0.25, 0.3) is 5.91 Å². The molecule has 2 fully saturated rings. The maximum Gasteiger partial charge on any atom is 0.338 e. The fourth-order valence-corrected chi connectivity index (χ4v) is 4.29. The molecule has 1 heterocycles. The lowest BCUT2D eigenvalue weighted by Gasteiger charge is -2.44. The van der Waals surface area contributed by atoms with Crippen molar-refractivity contribution in [1.82, 2.24) is 4.90 Å². The molecule has 1 amide bonds. The lowest BCUT2D eigenvalue weighted by molar-refractivity contribution is -0.385. The van der Waals surface area contributed by atoms with Gasteiger partial charge < -0.3 is 14.4 Å². The summed E-state index contributed by atoms with van der Waals surface area (Å²) in [6.45, 7) is 2.35. The number of benzene rings is 1. The summed E-state index contributed by atoms with van der Waals surface area (Å²) < 4.78 is 10.4. The lowest BCUT2D eigenvalue weighted by Crippen LogP contribution is -2.50. The Morgan fingerprint density at radius 1 is 1.21 bits per heavy atom. The van der Waals surface area contributed by atoms with Crippen molar-refractivity contribution in [2.45, 2.75) is 51.5 Å². The molecule has 0 N–H and O–H groups in total. The normalized spacial score (nSPS) is 21.5. The molecule has 1 aromatic carbocycles. The Morgan fingerprint density at radius 2 is 1.96 bits per heavy atom. The van der Waals surface area contributed by atoms with Crippen LogP contribution in [0.15, 0.2) is 18.2 Å². The molecule has 2 aliphatic rings. The highest BCUT2D eigenvalue weighted by atomic mass is 16.6. The van der Waals surface area contributed by atoms with E-state index in [4.69, 9.17) is 9.47 Å². The molecule has 2 atom stereocenters. The highest BCUT2D eigenvalue weighted by Crippen LogP contribution is 2.35. The number of likely N-dealkylation sites (tertiary alicyclic amines) is 1. The predicted octanol–water partition coefficient (Wildman–Crippen LogP) is 3.33. The van der Waals surface area contributed by atoms with Crippen molar-refractivity contribution in [3.05, 3.63) is 33.9 Å². The number of piperidine rings is 1. The van der Waals surface area contributed by atoms with E-state index in [2.05, 4.69) is 0 Å². The van der Waals surface area contributed by atoms with Gasteiger partial charge in [-0.05, 0) is 50.7 Å². The zero-order valence-electron chi connectivity index (χ0n) is 16.1. The van der Waals surface area contributed by atoms with Crippen LogP contribution in [0.3, 0.4) is 0 Å². The minimum absolute atomic E-state index is 0.0251. The van der Waals surface area contributed by atoms with E-state index in [0.717, 1.165) is 38.2 Å². The van der Waals surface area contributed by atoms with Gasteiger partial charge in [0.2, 0.25) is 0 Å². The largest absolute Gasteiger partial charge is 0.487 e. The van der Waals surface area contributed by atoms with Gasteiger partial charge >= 0.3 is 11.7 Å². The Labute approximate surface area is 163 Å². The van der Waals surface area contributed by atoms with Crippen LogP contribution >= 0.6 is 0 Å². The van der Waals surface area contributed by atoms with Gasteiger partial charge in [-0.1, -0.05) is 12.8 Å². The standard InChI is InChI=1S/C20H26N2O6/c1-2-27-18-10-9-15(12-17(18)22(25)26)20(24)28-13-19(23)21-11-5-7-14-6-3-4-8-16(14)21/h9-10,12,14,16H,2-8,11,13H2,1H3/t14-,16+/m1/s1. The highest BCUT2D eigenvalue weighted by Gasteiger charge is 2.35. The summed E-state index contributed by atoms with van der Waals surface area (Å²) in [4.78, 5) is 37.4. The molecule has 1 saturated heterocycles. The van der Waals surface area contributed by atoms with Crippen molar-refractivity contribution in [2.75, 3.05) is 19.8 Å². The smallest absolute Gasteiger partial charge is 0.338 e. The Bertz CT molecular complexity index is 748. The number of rotatable bonds is 6. The van der Waals surface area contributed by atoms with Crippen molar-refractivity contribution >= 4 is 17.6 Å². The lowest BCUT2D eigenvalue weighted by atomic mass is 9.78. The predicted molar refractivity (Wildman–Crippen MR) is 101 cm³/mol. The fourth-order valence-electron chi connectivity index (χ4n) is 4.29. The molecule has 0 aromatic heterocycles. The zero-order chi connectivity index (χ0) is 20.1. The molecule has 8 heteroatoms. The summed E-state index contributed by atoms with van der Waals surface area (Å²) >= 11 is 0. The number of nitro benzene ring substituents is 1. The number of fused-ring (bicyclic) bond motifs is 1. The second kappa shape index (κ2) is 9.03. The van der Waals surface area contributed by atoms with E-state index in [1.54, 1.807) is 6.92 Å². The molecular formula is C20H26N2O6. The van der Waals surface area contributed by atoms with Gasteiger partial charge in [-0.15, -0.1) is 0 Å². The van der Waals surface area contributed by atoms with Crippen LogP contribution in [0.4, 0.5) is 5.69 Å². The van der Waals surface area contributed by atoms with Crippen LogP contribution in [0.2, 0.25) is 0 Å². The third-order valence-corrected chi connectivity index (χ3v) is 5.58. The zero-order valence-corrected chi connectivity index (χ0v) is 16.1. The van der Waals surface area contributed by atoms with Crippen LogP contribution in [-0.4, -0.2) is 47.5 Å². The van der Waals surface area contributed by atoms with E-state index >= 15 is 0 Å². The molecule has 3 rings (SSSR count). The van der Waals surface area contributed by atoms with Crippen LogP contribution in [-0.2, 0) is 9.53 Å². The van der Waals surface area contributed by atoms with E-state index in [-0.39, 0.29) is 42.2 Å². The monoisotopic (exact) mass is 390 g/mol.